The van der Waals surface area contributed by atoms with Crippen LogP contribution in [0.15, 0.2) is 54.6 Å². The first-order valence-electron chi connectivity index (χ1n) is 8.25. The van der Waals surface area contributed by atoms with Gasteiger partial charge in [-0.3, -0.25) is 4.98 Å². The van der Waals surface area contributed by atoms with Crippen LogP contribution in [0.25, 0.3) is 10.9 Å². The number of ether oxygens (including phenoxy) is 1. The molecule has 1 fully saturated rings. The molecule has 1 aliphatic heterocycles. The third-order valence-corrected chi connectivity index (χ3v) is 4.70. The van der Waals surface area contributed by atoms with Crippen LogP contribution in [-0.4, -0.2) is 24.7 Å². The lowest BCUT2D eigenvalue weighted by molar-refractivity contribution is 0.0277. The monoisotopic (exact) mass is 338 g/mol. The molecule has 3 nitrogen and oxygen atoms in total. The number of hydrogen-bond acceptors (Lipinski definition) is 3. The van der Waals surface area contributed by atoms with Crippen molar-refractivity contribution in [2.75, 3.05) is 19.7 Å². The first kappa shape index (κ1) is 15.6. The zero-order valence-electron chi connectivity index (χ0n) is 13.3. The van der Waals surface area contributed by atoms with E-state index in [9.17, 15) is 0 Å². The first-order valence-corrected chi connectivity index (χ1v) is 8.63. The summed E-state index contributed by atoms with van der Waals surface area (Å²) < 4.78 is 5.79. The third kappa shape index (κ3) is 3.29. The molecular weight excluding hydrogens is 320 g/mol. The van der Waals surface area contributed by atoms with Crippen molar-refractivity contribution in [2.24, 2.45) is 0 Å². The van der Waals surface area contributed by atoms with Crippen molar-refractivity contribution in [1.29, 1.82) is 0 Å². The second-order valence-electron chi connectivity index (χ2n) is 6.10. The van der Waals surface area contributed by atoms with Gasteiger partial charge in [-0.05, 0) is 23.3 Å². The van der Waals surface area contributed by atoms with Crippen LogP contribution in [-0.2, 0) is 11.2 Å². The average Bonchev–Trinajstić information content (AvgIpc) is 2.64. The van der Waals surface area contributed by atoms with E-state index in [4.69, 9.17) is 21.3 Å². The van der Waals surface area contributed by atoms with Crippen molar-refractivity contribution in [3.05, 3.63) is 76.4 Å². The Hall–Kier alpha value is -1.94. The number of nitrogens with zero attached hydrogens (tertiary/aromatic N) is 1. The largest absolute Gasteiger partial charge is 0.371 e. The molecule has 0 aliphatic carbocycles. The summed E-state index contributed by atoms with van der Waals surface area (Å²) in [5, 5.41) is 5.14. The zero-order valence-corrected chi connectivity index (χ0v) is 14.1. The molecule has 0 saturated carbocycles. The van der Waals surface area contributed by atoms with Crippen molar-refractivity contribution in [1.82, 2.24) is 10.3 Å². The summed E-state index contributed by atoms with van der Waals surface area (Å²) in [6.45, 7) is 2.59. The molecule has 2 aromatic carbocycles. The maximum absolute atomic E-state index is 6.26. The van der Waals surface area contributed by atoms with Gasteiger partial charge >= 0.3 is 0 Å². The maximum atomic E-state index is 6.26. The predicted octanol–water partition coefficient (Wildman–Crippen LogP) is 4.14. The lowest BCUT2D eigenvalue weighted by Gasteiger charge is -2.24. The Morgan fingerprint density at radius 1 is 1.08 bits per heavy atom. The minimum atomic E-state index is 0.158. The van der Waals surface area contributed by atoms with Gasteiger partial charge in [0, 0.05) is 30.6 Å². The van der Waals surface area contributed by atoms with Crippen LogP contribution in [0, 0.1) is 0 Å². The van der Waals surface area contributed by atoms with E-state index in [1.54, 1.807) is 0 Å². The SMILES string of the molecule is Clc1cccc2ccc(Cc3ccc([C@H]4CNCCO4)cc3)nc12. The highest BCUT2D eigenvalue weighted by Gasteiger charge is 2.15. The van der Waals surface area contributed by atoms with Gasteiger partial charge < -0.3 is 10.1 Å². The molecule has 1 atom stereocenters. The van der Waals surface area contributed by atoms with E-state index >= 15 is 0 Å². The standard InChI is InChI=1S/C20H19ClN2O/c21-18-3-1-2-16-8-9-17(23-20(16)18)12-14-4-6-15(7-5-14)19-13-22-10-11-24-19/h1-9,19,22H,10-13H2/t19-/m1/s1. The molecule has 122 valence electrons. The van der Waals surface area contributed by atoms with Crippen LogP contribution in [0.3, 0.4) is 0 Å². The van der Waals surface area contributed by atoms with E-state index in [0.717, 1.165) is 42.7 Å². The number of fused-ring (bicyclic) bond motifs is 1. The number of rotatable bonds is 3. The van der Waals surface area contributed by atoms with Crippen molar-refractivity contribution < 1.29 is 4.74 Å². The molecule has 0 unspecified atom stereocenters. The Bertz CT molecular complexity index is 842. The molecule has 0 bridgehead atoms. The fourth-order valence-corrected chi connectivity index (χ4v) is 3.31. The fraction of sp³-hybridized carbons (Fsp3) is 0.250. The van der Waals surface area contributed by atoms with E-state index in [1.807, 2.05) is 18.2 Å². The van der Waals surface area contributed by atoms with E-state index < -0.39 is 0 Å². The second kappa shape index (κ2) is 6.89. The van der Waals surface area contributed by atoms with Gasteiger partial charge in [0.25, 0.3) is 0 Å². The molecular formula is C20H19ClN2O. The van der Waals surface area contributed by atoms with Gasteiger partial charge in [-0.15, -0.1) is 0 Å². The molecule has 1 aliphatic rings. The summed E-state index contributed by atoms with van der Waals surface area (Å²) in [6, 6.07) is 18.6. The molecule has 1 saturated heterocycles. The minimum absolute atomic E-state index is 0.158. The van der Waals surface area contributed by atoms with Gasteiger partial charge in [-0.25, -0.2) is 0 Å². The summed E-state index contributed by atoms with van der Waals surface area (Å²) in [5.41, 5.74) is 4.36. The summed E-state index contributed by atoms with van der Waals surface area (Å²) in [5.74, 6) is 0. The van der Waals surface area contributed by atoms with E-state index in [1.165, 1.54) is 11.1 Å². The average molecular weight is 339 g/mol. The lowest BCUT2D eigenvalue weighted by atomic mass is 10.0. The summed E-state index contributed by atoms with van der Waals surface area (Å²) in [6.07, 6.45) is 0.955. The molecule has 1 N–H and O–H groups in total. The van der Waals surface area contributed by atoms with Gasteiger partial charge in [0.2, 0.25) is 0 Å². The van der Waals surface area contributed by atoms with Gasteiger partial charge in [0.15, 0.2) is 0 Å². The van der Waals surface area contributed by atoms with Crippen LogP contribution in [0.4, 0.5) is 0 Å². The Balaban J connectivity index is 1.53. The van der Waals surface area contributed by atoms with Gasteiger partial charge in [-0.1, -0.05) is 54.1 Å². The number of benzene rings is 2. The number of halogens is 1. The van der Waals surface area contributed by atoms with Gasteiger partial charge in [0.1, 0.15) is 0 Å². The van der Waals surface area contributed by atoms with Crippen molar-refractivity contribution in [3.63, 3.8) is 0 Å². The van der Waals surface area contributed by atoms with Crippen LogP contribution >= 0.6 is 11.6 Å². The first-order chi connectivity index (χ1) is 11.8. The Kier molecular flexibility index (Phi) is 4.48. The number of pyridine rings is 1. The number of para-hydroxylation sites is 1. The number of nitrogens with one attached hydrogen (secondary N) is 1. The van der Waals surface area contributed by atoms with Crippen LogP contribution in [0.2, 0.25) is 5.02 Å². The highest BCUT2D eigenvalue weighted by Crippen LogP contribution is 2.23. The second-order valence-corrected chi connectivity index (χ2v) is 6.50. The molecule has 0 amide bonds. The molecule has 0 radical (unpaired) electrons. The highest BCUT2D eigenvalue weighted by atomic mass is 35.5. The molecule has 4 heteroatoms. The third-order valence-electron chi connectivity index (χ3n) is 4.39. The fourth-order valence-electron chi connectivity index (χ4n) is 3.09. The molecule has 1 aromatic heterocycles. The maximum Gasteiger partial charge on any atom is 0.0949 e. The van der Waals surface area contributed by atoms with Crippen molar-refractivity contribution >= 4 is 22.5 Å². The Labute approximate surface area is 146 Å². The van der Waals surface area contributed by atoms with Gasteiger partial charge in [-0.2, -0.15) is 0 Å². The molecule has 2 heterocycles. The van der Waals surface area contributed by atoms with E-state index in [0.29, 0.717) is 5.02 Å². The number of aromatic nitrogens is 1. The Morgan fingerprint density at radius 3 is 2.75 bits per heavy atom. The normalized spacial score (nSPS) is 18.0. The predicted molar refractivity (Wildman–Crippen MR) is 97.6 cm³/mol. The molecule has 24 heavy (non-hydrogen) atoms. The number of hydrogen-bond donors (Lipinski definition) is 1. The van der Waals surface area contributed by atoms with Crippen LogP contribution in [0.1, 0.15) is 22.9 Å². The topological polar surface area (TPSA) is 34.1 Å². The van der Waals surface area contributed by atoms with E-state index in [-0.39, 0.29) is 6.10 Å². The lowest BCUT2D eigenvalue weighted by Crippen LogP contribution is -2.33. The van der Waals surface area contributed by atoms with Crippen LogP contribution in [0.5, 0.6) is 0 Å². The summed E-state index contributed by atoms with van der Waals surface area (Å²) in [7, 11) is 0. The van der Waals surface area contributed by atoms with Crippen molar-refractivity contribution in [3.8, 4) is 0 Å². The smallest absolute Gasteiger partial charge is 0.0949 e. The highest BCUT2D eigenvalue weighted by molar-refractivity contribution is 6.35. The Morgan fingerprint density at radius 2 is 1.96 bits per heavy atom. The number of morpholine rings is 1. The zero-order chi connectivity index (χ0) is 16.4. The quantitative estimate of drug-likeness (QED) is 0.779. The molecule has 4 rings (SSSR count). The summed E-state index contributed by atoms with van der Waals surface area (Å²) in [4.78, 5) is 4.72. The van der Waals surface area contributed by atoms with Crippen molar-refractivity contribution in [2.45, 2.75) is 12.5 Å². The summed E-state index contributed by atoms with van der Waals surface area (Å²) >= 11 is 6.26. The molecule has 3 aromatic rings. The van der Waals surface area contributed by atoms with Crippen LogP contribution < -0.4 is 5.32 Å². The van der Waals surface area contributed by atoms with Gasteiger partial charge in [0.05, 0.1) is 23.3 Å². The molecule has 0 spiro atoms. The minimum Gasteiger partial charge on any atom is -0.371 e. The van der Waals surface area contributed by atoms with E-state index in [2.05, 4.69) is 41.7 Å².